The van der Waals surface area contributed by atoms with Gasteiger partial charge in [0.05, 0.1) is 8.95 Å². The van der Waals surface area contributed by atoms with Crippen molar-refractivity contribution in [1.82, 2.24) is 0 Å². The summed E-state index contributed by atoms with van der Waals surface area (Å²) in [6.07, 6.45) is 0. The van der Waals surface area contributed by atoms with Crippen molar-refractivity contribution >= 4 is 42.6 Å². The van der Waals surface area contributed by atoms with Crippen LogP contribution in [-0.4, -0.2) is 10.2 Å². The average Bonchev–Trinajstić information content (AvgIpc) is 2.25. The second kappa shape index (κ2) is 3.93. The Bertz CT molecular complexity index is 538. The largest absolute Gasteiger partial charge is 0.506 e. The van der Waals surface area contributed by atoms with E-state index in [-0.39, 0.29) is 11.5 Å². The number of hydrogen-bond acceptors (Lipinski definition) is 2. The summed E-state index contributed by atoms with van der Waals surface area (Å²) in [6.45, 7) is 3.71. The van der Waals surface area contributed by atoms with E-state index in [0.29, 0.717) is 8.95 Å². The molecule has 2 nitrogen and oxygen atoms in total. The van der Waals surface area contributed by atoms with Crippen LogP contribution in [0.5, 0.6) is 11.5 Å². The SMILES string of the molecule is Cc1c(O)c(Br)cc2c(C)c(O)c(Br)cc12. The van der Waals surface area contributed by atoms with Crippen molar-refractivity contribution in [3.63, 3.8) is 0 Å². The van der Waals surface area contributed by atoms with E-state index in [4.69, 9.17) is 0 Å². The Balaban J connectivity index is 3.02. The van der Waals surface area contributed by atoms with E-state index in [0.717, 1.165) is 21.9 Å². The molecule has 2 rings (SSSR count). The van der Waals surface area contributed by atoms with Crippen molar-refractivity contribution < 1.29 is 10.2 Å². The smallest absolute Gasteiger partial charge is 0.133 e. The van der Waals surface area contributed by atoms with Crippen LogP contribution in [0.2, 0.25) is 0 Å². The molecule has 0 atom stereocenters. The number of phenols is 2. The number of benzene rings is 2. The van der Waals surface area contributed by atoms with Gasteiger partial charge < -0.3 is 10.2 Å². The van der Waals surface area contributed by atoms with Gasteiger partial charge in [-0.25, -0.2) is 0 Å². The fraction of sp³-hybridized carbons (Fsp3) is 0.167. The summed E-state index contributed by atoms with van der Waals surface area (Å²) in [7, 11) is 0. The van der Waals surface area contributed by atoms with Crippen molar-refractivity contribution in [3.8, 4) is 11.5 Å². The van der Waals surface area contributed by atoms with E-state index in [1.165, 1.54) is 0 Å². The number of aromatic hydroxyl groups is 2. The van der Waals surface area contributed by atoms with Crippen LogP contribution < -0.4 is 0 Å². The molecular weight excluding hydrogens is 336 g/mol. The normalized spacial score (nSPS) is 11.0. The molecule has 0 fully saturated rings. The van der Waals surface area contributed by atoms with Crippen LogP contribution in [0, 0.1) is 13.8 Å². The van der Waals surface area contributed by atoms with Crippen molar-refractivity contribution in [2.45, 2.75) is 13.8 Å². The Hall–Kier alpha value is -0.740. The quantitative estimate of drug-likeness (QED) is 0.743. The lowest BCUT2D eigenvalue weighted by Crippen LogP contribution is -1.87. The first-order valence-corrected chi connectivity index (χ1v) is 6.32. The number of rotatable bonds is 0. The standard InChI is InChI=1S/C12H10Br2O2/c1-5-7-3-10(14)12(16)6(2)8(7)4-9(13)11(5)15/h3-4,15-16H,1-2H3. The maximum Gasteiger partial charge on any atom is 0.133 e. The van der Waals surface area contributed by atoms with E-state index in [9.17, 15) is 10.2 Å². The Morgan fingerprint density at radius 3 is 1.44 bits per heavy atom. The summed E-state index contributed by atoms with van der Waals surface area (Å²) in [6, 6.07) is 3.64. The Labute approximate surface area is 110 Å². The molecule has 0 spiro atoms. The van der Waals surface area contributed by atoms with E-state index < -0.39 is 0 Å². The fourth-order valence-electron chi connectivity index (χ4n) is 1.78. The Morgan fingerprint density at radius 2 is 1.12 bits per heavy atom. The number of aryl methyl sites for hydroxylation is 2. The monoisotopic (exact) mass is 344 g/mol. The van der Waals surface area contributed by atoms with Crippen LogP contribution in [0.25, 0.3) is 10.8 Å². The molecule has 0 aliphatic heterocycles. The number of phenolic OH excluding ortho intramolecular Hbond substituents is 2. The highest BCUT2D eigenvalue weighted by atomic mass is 79.9. The Kier molecular flexibility index (Phi) is 2.88. The first-order valence-electron chi connectivity index (χ1n) is 4.73. The minimum absolute atomic E-state index is 0.240. The van der Waals surface area contributed by atoms with Crippen LogP contribution in [-0.2, 0) is 0 Å². The molecule has 0 amide bonds. The maximum atomic E-state index is 9.83. The van der Waals surface area contributed by atoms with Gasteiger partial charge in [0, 0.05) is 0 Å². The first-order chi connectivity index (χ1) is 7.43. The highest BCUT2D eigenvalue weighted by molar-refractivity contribution is 9.11. The summed E-state index contributed by atoms with van der Waals surface area (Å²) < 4.78 is 1.28. The van der Waals surface area contributed by atoms with Crippen molar-refractivity contribution in [1.29, 1.82) is 0 Å². The van der Waals surface area contributed by atoms with Gasteiger partial charge in [0.1, 0.15) is 11.5 Å². The predicted molar refractivity (Wildman–Crippen MR) is 72.2 cm³/mol. The highest BCUT2D eigenvalue weighted by Gasteiger charge is 2.13. The zero-order valence-electron chi connectivity index (χ0n) is 8.81. The average molecular weight is 346 g/mol. The number of hydrogen-bond donors (Lipinski definition) is 2. The van der Waals surface area contributed by atoms with Crippen LogP contribution >= 0.6 is 31.9 Å². The second-order valence-electron chi connectivity index (χ2n) is 3.76. The van der Waals surface area contributed by atoms with Crippen LogP contribution in [0.1, 0.15) is 11.1 Å². The van der Waals surface area contributed by atoms with E-state index >= 15 is 0 Å². The van der Waals surface area contributed by atoms with E-state index in [1.54, 1.807) is 0 Å². The molecule has 2 aromatic carbocycles. The highest BCUT2D eigenvalue weighted by Crippen LogP contribution is 2.40. The van der Waals surface area contributed by atoms with Gasteiger partial charge in [-0.1, -0.05) is 0 Å². The molecule has 0 aromatic heterocycles. The zero-order valence-corrected chi connectivity index (χ0v) is 12.0. The van der Waals surface area contributed by atoms with Crippen molar-refractivity contribution in [3.05, 3.63) is 32.2 Å². The fourth-order valence-corrected chi connectivity index (χ4v) is 2.83. The summed E-state index contributed by atoms with van der Waals surface area (Å²) in [5, 5.41) is 21.5. The molecule has 0 aliphatic carbocycles. The predicted octanol–water partition coefficient (Wildman–Crippen LogP) is 4.39. The van der Waals surface area contributed by atoms with Crippen molar-refractivity contribution in [2.75, 3.05) is 0 Å². The molecule has 0 aliphatic rings. The molecule has 0 bridgehead atoms. The summed E-state index contributed by atoms with van der Waals surface area (Å²) >= 11 is 6.60. The van der Waals surface area contributed by atoms with Gasteiger partial charge in [-0.2, -0.15) is 0 Å². The lowest BCUT2D eigenvalue weighted by Gasteiger charge is -2.11. The molecule has 2 N–H and O–H groups in total. The molecular formula is C12H10Br2O2. The molecule has 0 saturated heterocycles. The van der Waals surface area contributed by atoms with Gasteiger partial charge >= 0.3 is 0 Å². The van der Waals surface area contributed by atoms with Gasteiger partial charge in [-0.3, -0.25) is 0 Å². The first kappa shape index (κ1) is 11.7. The second-order valence-corrected chi connectivity index (χ2v) is 5.47. The van der Waals surface area contributed by atoms with Gasteiger partial charge in [-0.15, -0.1) is 0 Å². The third kappa shape index (κ3) is 1.60. The zero-order chi connectivity index (χ0) is 12.0. The molecule has 0 saturated carbocycles. The lowest BCUT2D eigenvalue weighted by atomic mass is 10.00. The topological polar surface area (TPSA) is 40.5 Å². The lowest BCUT2D eigenvalue weighted by molar-refractivity contribution is 0.466. The van der Waals surface area contributed by atoms with E-state index in [1.807, 2.05) is 26.0 Å². The number of fused-ring (bicyclic) bond motifs is 1. The van der Waals surface area contributed by atoms with E-state index in [2.05, 4.69) is 31.9 Å². The van der Waals surface area contributed by atoms with Crippen LogP contribution in [0.4, 0.5) is 0 Å². The molecule has 84 valence electrons. The van der Waals surface area contributed by atoms with Gasteiger partial charge in [0.2, 0.25) is 0 Å². The molecule has 0 unspecified atom stereocenters. The Morgan fingerprint density at radius 1 is 0.812 bits per heavy atom. The van der Waals surface area contributed by atoms with Crippen LogP contribution in [0.15, 0.2) is 21.1 Å². The van der Waals surface area contributed by atoms with Gasteiger partial charge in [0.25, 0.3) is 0 Å². The molecule has 2 aromatic rings. The van der Waals surface area contributed by atoms with Gasteiger partial charge in [-0.05, 0) is 79.7 Å². The van der Waals surface area contributed by atoms with Gasteiger partial charge in [0.15, 0.2) is 0 Å². The third-order valence-electron chi connectivity index (χ3n) is 2.80. The number of halogens is 2. The van der Waals surface area contributed by atoms with Crippen LogP contribution in [0.3, 0.4) is 0 Å². The summed E-state index contributed by atoms with van der Waals surface area (Å²) in [4.78, 5) is 0. The minimum atomic E-state index is 0.240. The molecule has 4 heteroatoms. The summed E-state index contributed by atoms with van der Waals surface area (Å²) in [5.41, 5.74) is 1.60. The third-order valence-corrected chi connectivity index (χ3v) is 4.01. The summed E-state index contributed by atoms with van der Waals surface area (Å²) in [5.74, 6) is 0.481. The molecule has 0 heterocycles. The minimum Gasteiger partial charge on any atom is -0.506 e. The molecule has 16 heavy (non-hydrogen) atoms. The van der Waals surface area contributed by atoms with Crippen molar-refractivity contribution in [2.24, 2.45) is 0 Å². The maximum absolute atomic E-state index is 9.83. The molecule has 0 radical (unpaired) electrons.